The molecule has 2 rings (SSSR count). The van der Waals surface area contributed by atoms with E-state index in [0.717, 1.165) is 0 Å². The predicted molar refractivity (Wildman–Crippen MR) is 67.4 cm³/mol. The van der Waals surface area contributed by atoms with E-state index in [1.807, 2.05) is 0 Å². The second-order valence-corrected chi connectivity index (χ2v) is 5.00. The summed E-state index contributed by atoms with van der Waals surface area (Å²) in [7, 11) is 0. The molecule has 0 saturated carbocycles. The monoisotopic (exact) mass is 289 g/mol. The molecule has 1 aromatic rings. The Kier molecular flexibility index (Phi) is 4.01. The van der Waals surface area contributed by atoms with Gasteiger partial charge in [-0.05, 0) is 31.9 Å². The summed E-state index contributed by atoms with van der Waals surface area (Å²) in [4.78, 5) is 13.0. The van der Waals surface area contributed by atoms with Gasteiger partial charge in [0.05, 0.1) is 11.6 Å². The summed E-state index contributed by atoms with van der Waals surface area (Å²) in [6.07, 6.45) is -4.35. The molecule has 0 unspecified atom stereocenters. The maximum atomic E-state index is 13.9. The molecule has 0 aliphatic carbocycles. The third kappa shape index (κ3) is 2.94. The molecule has 0 spiro atoms. The van der Waals surface area contributed by atoms with Gasteiger partial charge in [-0.1, -0.05) is 6.07 Å². The van der Waals surface area contributed by atoms with Crippen molar-refractivity contribution < 1.29 is 22.4 Å². The Hall–Kier alpha value is -1.59. The molecule has 0 radical (unpaired) electrons. The van der Waals surface area contributed by atoms with E-state index in [2.05, 4.69) is 0 Å². The number of ketones is 1. The normalized spacial score (nSPS) is 17.4. The molecule has 0 atom stereocenters. The molecular formula is C14H15F4NO. The van der Waals surface area contributed by atoms with Crippen molar-refractivity contribution in [2.75, 3.05) is 18.0 Å². The number of anilines is 1. The fraction of sp³-hybridized carbons (Fsp3) is 0.500. The van der Waals surface area contributed by atoms with E-state index in [1.54, 1.807) is 0 Å². The molecule has 1 aromatic carbocycles. The number of carbonyl (C=O) groups is 1. The zero-order valence-electron chi connectivity index (χ0n) is 11.0. The van der Waals surface area contributed by atoms with Crippen LogP contribution in [-0.4, -0.2) is 25.0 Å². The van der Waals surface area contributed by atoms with Crippen molar-refractivity contribution in [3.05, 3.63) is 29.6 Å². The average Bonchev–Trinajstić information content (AvgIpc) is 2.37. The first-order valence-electron chi connectivity index (χ1n) is 6.42. The molecule has 110 valence electrons. The Morgan fingerprint density at radius 3 is 2.35 bits per heavy atom. The van der Waals surface area contributed by atoms with Crippen LogP contribution in [0.5, 0.6) is 0 Å². The Labute approximate surface area is 114 Å². The number of alkyl halides is 3. The minimum Gasteiger partial charge on any atom is -0.369 e. The van der Waals surface area contributed by atoms with Crippen molar-refractivity contribution in [2.45, 2.75) is 25.9 Å². The van der Waals surface area contributed by atoms with Crippen LogP contribution in [0.4, 0.5) is 23.2 Å². The van der Waals surface area contributed by atoms with Gasteiger partial charge in [0, 0.05) is 18.7 Å². The summed E-state index contributed by atoms with van der Waals surface area (Å²) >= 11 is 0. The third-order valence-corrected chi connectivity index (χ3v) is 3.64. The van der Waals surface area contributed by atoms with Gasteiger partial charge in [0.1, 0.15) is 5.82 Å². The fourth-order valence-electron chi connectivity index (χ4n) is 2.55. The maximum absolute atomic E-state index is 13.9. The number of piperidine rings is 1. The van der Waals surface area contributed by atoms with E-state index >= 15 is 0 Å². The largest absolute Gasteiger partial charge is 0.391 e. The van der Waals surface area contributed by atoms with Gasteiger partial charge in [-0.3, -0.25) is 4.79 Å². The average molecular weight is 289 g/mol. The lowest BCUT2D eigenvalue weighted by molar-refractivity contribution is -0.179. The van der Waals surface area contributed by atoms with Gasteiger partial charge in [0.15, 0.2) is 5.78 Å². The summed E-state index contributed by atoms with van der Waals surface area (Å²) in [5.74, 6) is -2.20. The number of halogens is 4. The van der Waals surface area contributed by atoms with E-state index in [1.165, 1.54) is 30.0 Å². The number of carbonyl (C=O) groups excluding carboxylic acids is 1. The minimum atomic E-state index is -4.20. The van der Waals surface area contributed by atoms with Crippen LogP contribution in [0.25, 0.3) is 0 Å². The number of para-hydroxylation sites is 1. The number of Topliss-reactive ketones (excluding diaryl/α,β-unsaturated/α-hetero) is 1. The molecule has 20 heavy (non-hydrogen) atoms. The summed E-state index contributed by atoms with van der Waals surface area (Å²) < 4.78 is 51.7. The second-order valence-electron chi connectivity index (χ2n) is 5.00. The standard InChI is InChI=1S/C14H15F4NO/c1-9(20)11-3-2-4-12(15)13(11)19-7-5-10(6-8-19)14(16,17)18/h2-4,10H,5-8H2,1H3. The van der Waals surface area contributed by atoms with Crippen LogP contribution in [0.2, 0.25) is 0 Å². The van der Waals surface area contributed by atoms with Crippen molar-refractivity contribution in [1.82, 2.24) is 0 Å². The van der Waals surface area contributed by atoms with Gasteiger partial charge in [0.25, 0.3) is 0 Å². The van der Waals surface area contributed by atoms with Crippen molar-refractivity contribution in [2.24, 2.45) is 5.92 Å². The van der Waals surface area contributed by atoms with E-state index in [-0.39, 0.29) is 43.0 Å². The summed E-state index contributed by atoms with van der Waals surface area (Å²) in [5.41, 5.74) is 0.344. The van der Waals surface area contributed by atoms with Crippen LogP contribution in [0.1, 0.15) is 30.1 Å². The van der Waals surface area contributed by atoms with Crippen LogP contribution in [-0.2, 0) is 0 Å². The van der Waals surface area contributed by atoms with Crippen LogP contribution in [0, 0.1) is 11.7 Å². The van der Waals surface area contributed by atoms with Gasteiger partial charge >= 0.3 is 6.18 Å². The Bertz CT molecular complexity index is 504. The first-order chi connectivity index (χ1) is 9.30. The van der Waals surface area contributed by atoms with Crippen molar-refractivity contribution in [3.63, 3.8) is 0 Å². The summed E-state index contributed by atoms with van der Waals surface area (Å²) in [6, 6.07) is 4.15. The van der Waals surface area contributed by atoms with E-state index in [4.69, 9.17) is 0 Å². The topological polar surface area (TPSA) is 20.3 Å². The summed E-state index contributed by atoms with van der Waals surface area (Å²) in [6.45, 7) is 1.53. The summed E-state index contributed by atoms with van der Waals surface area (Å²) in [5, 5.41) is 0. The molecular weight excluding hydrogens is 274 g/mol. The smallest absolute Gasteiger partial charge is 0.369 e. The van der Waals surface area contributed by atoms with Gasteiger partial charge in [-0.25, -0.2) is 4.39 Å². The zero-order chi connectivity index (χ0) is 14.9. The second kappa shape index (κ2) is 5.42. The number of rotatable bonds is 2. The number of hydrogen-bond acceptors (Lipinski definition) is 2. The van der Waals surface area contributed by atoms with Gasteiger partial charge < -0.3 is 4.90 Å². The molecule has 6 heteroatoms. The first kappa shape index (κ1) is 14.8. The Morgan fingerprint density at radius 1 is 1.25 bits per heavy atom. The molecule has 0 amide bonds. The first-order valence-corrected chi connectivity index (χ1v) is 6.42. The van der Waals surface area contributed by atoms with Crippen molar-refractivity contribution in [3.8, 4) is 0 Å². The molecule has 0 N–H and O–H groups in total. The van der Waals surface area contributed by atoms with E-state index in [0.29, 0.717) is 0 Å². The van der Waals surface area contributed by atoms with Gasteiger partial charge in [-0.2, -0.15) is 13.2 Å². The quantitative estimate of drug-likeness (QED) is 0.609. The van der Waals surface area contributed by atoms with Gasteiger partial charge in [0.2, 0.25) is 0 Å². The fourth-order valence-corrected chi connectivity index (χ4v) is 2.55. The number of nitrogens with zero attached hydrogens (tertiary/aromatic N) is 1. The lowest BCUT2D eigenvalue weighted by atomic mass is 9.95. The third-order valence-electron chi connectivity index (χ3n) is 3.64. The SMILES string of the molecule is CC(=O)c1cccc(F)c1N1CCC(C(F)(F)F)CC1. The Balaban J connectivity index is 2.21. The molecule has 1 fully saturated rings. The number of hydrogen-bond donors (Lipinski definition) is 0. The molecule has 0 aromatic heterocycles. The highest BCUT2D eigenvalue weighted by Gasteiger charge is 2.41. The van der Waals surface area contributed by atoms with Crippen LogP contribution in [0.15, 0.2) is 18.2 Å². The van der Waals surface area contributed by atoms with Crippen molar-refractivity contribution in [1.29, 1.82) is 0 Å². The molecule has 1 aliphatic rings. The van der Waals surface area contributed by atoms with E-state index in [9.17, 15) is 22.4 Å². The van der Waals surface area contributed by atoms with Gasteiger partial charge in [-0.15, -0.1) is 0 Å². The lowest BCUT2D eigenvalue weighted by Crippen LogP contribution is -2.40. The highest BCUT2D eigenvalue weighted by atomic mass is 19.4. The zero-order valence-corrected chi connectivity index (χ0v) is 11.0. The molecule has 1 heterocycles. The molecule has 0 bridgehead atoms. The maximum Gasteiger partial charge on any atom is 0.391 e. The molecule has 1 aliphatic heterocycles. The molecule has 2 nitrogen and oxygen atoms in total. The van der Waals surface area contributed by atoms with Crippen molar-refractivity contribution >= 4 is 11.5 Å². The predicted octanol–water partition coefficient (Wildman–Crippen LogP) is 3.81. The van der Waals surface area contributed by atoms with Crippen LogP contribution in [0.3, 0.4) is 0 Å². The van der Waals surface area contributed by atoms with Crippen LogP contribution >= 0.6 is 0 Å². The minimum absolute atomic E-state index is 0.0742. The number of benzene rings is 1. The van der Waals surface area contributed by atoms with Crippen LogP contribution < -0.4 is 4.90 Å². The highest BCUT2D eigenvalue weighted by molar-refractivity contribution is 5.99. The Morgan fingerprint density at radius 2 is 1.85 bits per heavy atom. The van der Waals surface area contributed by atoms with E-state index < -0.39 is 17.9 Å². The lowest BCUT2D eigenvalue weighted by Gasteiger charge is -2.35. The molecule has 1 saturated heterocycles. The highest BCUT2D eigenvalue weighted by Crippen LogP contribution is 2.36.